The molecule has 1 unspecified atom stereocenters. The highest BCUT2D eigenvalue weighted by atomic mass is 16.1. The minimum Gasteiger partial charge on any atom is -0.377 e. The molecule has 0 bridgehead atoms. The molecule has 0 radical (unpaired) electrons. The van der Waals surface area contributed by atoms with E-state index in [9.17, 15) is 4.79 Å². The van der Waals surface area contributed by atoms with E-state index >= 15 is 0 Å². The highest BCUT2D eigenvalue weighted by Gasteiger charge is 2.45. The highest BCUT2D eigenvalue weighted by molar-refractivity contribution is 6.27. The lowest BCUT2D eigenvalue weighted by Crippen LogP contribution is -2.20. The lowest BCUT2D eigenvalue weighted by molar-refractivity contribution is -0.111. The van der Waals surface area contributed by atoms with Crippen molar-refractivity contribution in [2.24, 2.45) is 0 Å². The Morgan fingerprint density at radius 1 is 1.03 bits per heavy atom. The number of aromatic nitrogens is 2. The first-order valence-corrected chi connectivity index (χ1v) is 13.2. The van der Waals surface area contributed by atoms with Gasteiger partial charge in [0, 0.05) is 48.9 Å². The summed E-state index contributed by atoms with van der Waals surface area (Å²) in [6.07, 6.45) is 10.0. The molecule has 3 aliphatic rings. The molecule has 190 valence electrons. The summed E-state index contributed by atoms with van der Waals surface area (Å²) in [4.78, 5) is 27.1. The Labute approximate surface area is 218 Å². The average molecular weight is 495 g/mol. The normalized spacial score (nSPS) is 20.4. The summed E-state index contributed by atoms with van der Waals surface area (Å²) in [7, 11) is 4.04. The summed E-state index contributed by atoms with van der Waals surface area (Å²) in [5, 5.41) is 6.58. The number of carbonyl (C=O) groups excluding carboxylic acids is 1. The molecular formula is C30H34N6O. The number of rotatable bonds is 7. The summed E-state index contributed by atoms with van der Waals surface area (Å²) in [5.74, 6) is 0.223. The third-order valence-corrected chi connectivity index (χ3v) is 7.63. The number of benzene rings is 1. The van der Waals surface area contributed by atoms with Crippen LogP contribution in [0.15, 0.2) is 60.8 Å². The summed E-state index contributed by atoms with van der Waals surface area (Å²) in [6.45, 7) is 6.25. The van der Waals surface area contributed by atoms with Crippen LogP contribution in [0.1, 0.15) is 47.9 Å². The van der Waals surface area contributed by atoms with Gasteiger partial charge in [0.25, 0.3) is 5.91 Å². The van der Waals surface area contributed by atoms with Crippen molar-refractivity contribution in [1.29, 1.82) is 0 Å². The van der Waals surface area contributed by atoms with Crippen LogP contribution in [0.4, 0.5) is 5.69 Å². The molecule has 2 saturated heterocycles. The third-order valence-electron chi connectivity index (χ3n) is 7.63. The maximum absolute atomic E-state index is 13.6. The van der Waals surface area contributed by atoms with E-state index in [1.165, 1.54) is 24.0 Å². The van der Waals surface area contributed by atoms with Crippen molar-refractivity contribution < 1.29 is 4.79 Å². The van der Waals surface area contributed by atoms with Gasteiger partial charge in [-0.1, -0.05) is 19.1 Å². The smallest absolute Gasteiger partial charge is 0.258 e. The van der Waals surface area contributed by atoms with E-state index in [2.05, 4.69) is 61.6 Å². The summed E-state index contributed by atoms with van der Waals surface area (Å²) in [6, 6.07) is 11.0. The standard InChI is InChI=1S/C30H34N6O/c1-19-25-7-6-22(23-10-20(13-31-15-23)18-36-8-4-5-9-36)12-26(25)27(29-28(19)34-29)30(37)33-24-11-21(14-32-16-24)17-35(2)3/h6-7,10-16,19,28,34H,4-5,8-9,17-18H2,1-3H3,(H,33,37)/t19-,28?/m1/s1. The van der Waals surface area contributed by atoms with Gasteiger partial charge < -0.3 is 15.5 Å². The Morgan fingerprint density at radius 2 is 1.81 bits per heavy atom. The maximum atomic E-state index is 13.6. The molecular weight excluding hydrogens is 460 g/mol. The molecule has 1 aliphatic carbocycles. The van der Waals surface area contributed by atoms with Crippen molar-refractivity contribution in [3.8, 4) is 11.1 Å². The van der Waals surface area contributed by atoms with Gasteiger partial charge in [-0.25, -0.2) is 0 Å². The Morgan fingerprint density at radius 3 is 2.62 bits per heavy atom. The van der Waals surface area contributed by atoms with Gasteiger partial charge in [-0.15, -0.1) is 0 Å². The second-order valence-corrected chi connectivity index (χ2v) is 10.8. The first-order valence-electron chi connectivity index (χ1n) is 13.2. The maximum Gasteiger partial charge on any atom is 0.258 e. The number of pyridine rings is 2. The fourth-order valence-corrected chi connectivity index (χ4v) is 5.78. The summed E-state index contributed by atoms with van der Waals surface area (Å²) in [5.41, 5.74) is 9.15. The number of amides is 1. The molecule has 6 rings (SSSR count). The zero-order valence-electron chi connectivity index (χ0n) is 21.8. The van der Waals surface area contributed by atoms with Gasteiger partial charge in [0.15, 0.2) is 0 Å². The van der Waals surface area contributed by atoms with Gasteiger partial charge in [-0.05, 0) is 86.0 Å². The minimum absolute atomic E-state index is 0.0972. The quantitative estimate of drug-likeness (QED) is 0.478. The molecule has 2 aliphatic heterocycles. The number of carbonyl (C=O) groups is 1. The van der Waals surface area contributed by atoms with E-state index in [0.717, 1.165) is 59.7 Å². The van der Waals surface area contributed by atoms with Gasteiger partial charge in [0.2, 0.25) is 0 Å². The van der Waals surface area contributed by atoms with E-state index in [1.807, 2.05) is 38.8 Å². The van der Waals surface area contributed by atoms with Crippen LogP contribution in [-0.2, 0) is 17.9 Å². The Kier molecular flexibility index (Phi) is 6.26. The van der Waals surface area contributed by atoms with Crippen LogP contribution in [0.25, 0.3) is 16.7 Å². The number of nitrogens with zero attached hydrogens (tertiary/aromatic N) is 4. The predicted octanol–water partition coefficient (Wildman–Crippen LogP) is 4.24. The van der Waals surface area contributed by atoms with Crippen LogP contribution >= 0.6 is 0 Å². The summed E-state index contributed by atoms with van der Waals surface area (Å²) >= 11 is 0. The largest absolute Gasteiger partial charge is 0.377 e. The zero-order valence-corrected chi connectivity index (χ0v) is 21.8. The lowest BCUT2D eigenvalue weighted by Gasteiger charge is -2.22. The van der Waals surface area contributed by atoms with Crippen molar-refractivity contribution in [2.45, 2.75) is 44.8 Å². The first kappa shape index (κ1) is 23.8. The number of nitrogens with one attached hydrogen (secondary N) is 2. The SMILES string of the molecule is C[C@@H]1c2ccc(-c3cncc(CN4CCCC4)c3)cc2C(C(=O)Nc2cncc(CN(C)C)c2)=C2NC21. The molecule has 0 saturated carbocycles. The topological polar surface area (TPSA) is 83.3 Å². The van der Waals surface area contributed by atoms with Gasteiger partial charge in [0.1, 0.15) is 0 Å². The van der Waals surface area contributed by atoms with Crippen molar-refractivity contribution in [2.75, 3.05) is 32.5 Å². The fraction of sp³-hybridized carbons (Fsp3) is 0.367. The minimum atomic E-state index is -0.0972. The number of hydrogen-bond donors (Lipinski definition) is 2. The monoisotopic (exact) mass is 494 g/mol. The molecule has 1 amide bonds. The van der Waals surface area contributed by atoms with Crippen LogP contribution in [0, 0.1) is 0 Å². The van der Waals surface area contributed by atoms with Gasteiger partial charge in [-0.3, -0.25) is 19.7 Å². The van der Waals surface area contributed by atoms with Crippen LogP contribution < -0.4 is 10.6 Å². The third kappa shape index (κ3) is 4.89. The number of fused-ring (bicyclic) bond motifs is 2. The average Bonchev–Trinajstić information content (AvgIpc) is 3.50. The Hall–Kier alpha value is -3.55. The molecule has 3 aromatic rings. The van der Waals surface area contributed by atoms with Gasteiger partial charge in [0.05, 0.1) is 23.5 Å². The molecule has 2 atom stereocenters. The molecule has 1 aromatic carbocycles. The Bertz CT molecular complexity index is 1370. The molecule has 2 fully saturated rings. The molecule has 2 aromatic heterocycles. The van der Waals surface area contributed by atoms with Gasteiger partial charge in [-0.2, -0.15) is 0 Å². The lowest BCUT2D eigenvalue weighted by atomic mass is 9.82. The van der Waals surface area contributed by atoms with Crippen molar-refractivity contribution in [3.05, 3.63) is 83.1 Å². The highest BCUT2D eigenvalue weighted by Crippen LogP contribution is 2.46. The van der Waals surface area contributed by atoms with E-state index < -0.39 is 0 Å². The van der Waals surface area contributed by atoms with Crippen molar-refractivity contribution in [1.82, 2.24) is 25.1 Å². The first-order chi connectivity index (χ1) is 18.0. The molecule has 2 N–H and O–H groups in total. The molecule has 4 heterocycles. The van der Waals surface area contributed by atoms with Crippen molar-refractivity contribution in [3.63, 3.8) is 0 Å². The van der Waals surface area contributed by atoms with E-state index in [-0.39, 0.29) is 11.9 Å². The zero-order chi connectivity index (χ0) is 25.5. The molecule has 0 spiro atoms. The number of anilines is 1. The van der Waals surface area contributed by atoms with Crippen LogP contribution in [0.2, 0.25) is 0 Å². The van der Waals surface area contributed by atoms with Crippen LogP contribution in [-0.4, -0.2) is 58.9 Å². The number of hydrogen-bond acceptors (Lipinski definition) is 6. The molecule has 37 heavy (non-hydrogen) atoms. The Balaban J connectivity index is 1.30. The van der Waals surface area contributed by atoms with E-state index in [4.69, 9.17) is 0 Å². The van der Waals surface area contributed by atoms with Gasteiger partial charge >= 0.3 is 0 Å². The number of likely N-dealkylation sites (tertiary alicyclic amines) is 1. The second-order valence-electron chi connectivity index (χ2n) is 10.8. The fourth-order valence-electron chi connectivity index (χ4n) is 5.78. The van der Waals surface area contributed by atoms with Crippen molar-refractivity contribution >= 4 is 17.2 Å². The van der Waals surface area contributed by atoms with E-state index in [1.54, 1.807) is 6.20 Å². The molecule has 7 nitrogen and oxygen atoms in total. The van der Waals surface area contributed by atoms with Crippen LogP contribution in [0.3, 0.4) is 0 Å². The predicted molar refractivity (Wildman–Crippen MR) is 147 cm³/mol. The van der Waals surface area contributed by atoms with Crippen LogP contribution in [0.5, 0.6) is 0 Å². The van der Waals surface area contributed by atoms with E-state index in [0.29, 0.717) is 11.6 Å². The molecule has 7 heteroatoms. The summed E-state index contributed by atoms with van der Waals surface area (Å²) < 4.78 is 0. The second kappa shape index (κ2) is 9.72.